The van der Waals surface area contributed by atoms with Crippen molar-refractivity contribution in [2.75, 3.05) is 26.7 Å². The highest BCUT2D eigenvalue weighted by Gasteiger charge is 2.29. The number of phenolic OH excluding ortho intramolecular Hbond substituents is 1. The van der Waals surface area contributed by atoms with Crippen LogP contribution < -0.4 is 4.74 Å². The van der Waals surface area contributed by atoms with Crippen LogP contribution in [0.1, 0.15) is 40.5 Å². The first-order valence-corrected chi connectivity index (χ1v) is 11.1. The van der Waals surface area contributed by atoms with E-state index in [1.807, 2.05) is 25.2 Å². The number of benzene rings is 2. The molecule has 7 nitrogen and oxygen atoms in total. The fourth-order valence-electron chi connectivity index (χ4n) is 3.98. The van der Waals surface area contributed by atoms with Crippen molar-refractivity contribution in [3.8, 4) is 11.5 Å². The summed E-state index contributed by atoms with van der Waals surface area (Å²) in [5.41, 5.74) is 2.58. The van der Waals surface area contributed by atoms with Crippen molar-refractivity contribution >= 4 is 16.8 Å². The van der Waals surface area contributed by atoms with Crippen LogP contribution in [0.4, 0.5) is 13.2 Å². The van der Waals surface area contributed by atoms with Crippen molar-refractivity contribution in [2.45, 2.75) is 39.0 Å². The Morgan fingerprint density at radius 2 is 2.00 bits per heavy atom. The average molecular weight is 476 g/mol. The summed E-state index contributed by atoms with van der Waals surface area (Å²) in [5, 5.41) is 17.4. The SMILES string of the molecule is CCN(C)CCOc1ccc2c(c1)CN(C(=O)c1cc3c(CCC(F)(F)F)n[nH]c3cc1O)C2. The highest BCUT2D eigenvalue weighted by Crippen LogP contribution is 2.32. The third-order valence-electron chi connectivity index (χ3n) is 6.10. The molecule has 0 spiro atoms. The van der Waals surface area contributed by atoms with Gasteiger partial charge in [0.25, 0.3) is 5.91 Å². The largest absolute Gasteiger partial charge is 0.507 e. The summed E-state index contributed by atoms with van der Waals surface area (Å²) >= 11 is 0. The third kappa shape index (κ3) is 5.27. The summed E-state index contributed by atoms with van der Waals surface area (Å²) in [7, 11) is 2.02. The minimum absolute atomic E-state index is 0.0361. The minimum Gasteiger partial charge on any atom is -0.507 e. The maximum Gasteiger partial charge on any atom is 0.389 e. The predicted molar refractivity (Wildman–Crippen MR) is 121 cm³/mol. The molecule has 3 aromatic rings. The molecule has 0 aliphatic carbocycles. The molecule has 0 atom stereocenters. The van der Waals surface area contributed by atoms with E-state index in [1.54, 1.807) is 4.90 Å². The highest BCUT2D eigenvalue weighted by atomic mass is 19.4. The van der Waals surface area contributed by atoms with Crippen LogP contribution in [0.5, 0.6) is 11.5 Å². The van der Waals surface area contributed by atoms with Gasteiger partial charge in [0.1, 0.15) is 18.1 Å². The number of aromatic nitrogens is 2. The van der Waals surface area contributed by atoms with E-state index in [-0.39, 0.29) is 23.4 Å². The molecule has 1 amide bonds. The van der Waals surface area contributed by atoms with E-state index >= 15 is 0 Å². The van der Waals surface area contributed by atoms with Gasteiger partial charge in [0.2, 0.25) is 0 Å². The number of alkyl halides is 3. The summed E-state index contributed by atoms with van der Waals surface area (Å²) in [5.74, 6) is 0.0867. The molecule has 0 saturated heterocycles. The smallest absolute Gasteiger partial charge is 0.389 e. The summed E-state index contributed by atoms with van der Waals surface area (Å²) in [6.07, 6.45) is -5.64. The van der Waals surface area contributed by atoms with Crippen molar-refractivity contribution in [1.82, 2.24) is 20.0 Å². The molecule has 10 heteroatoms. The summed E-state index contributed by atoms with van der Waals surface area (Å²) in [6.45, 7) is 5.10. The van der Waals surface area contributed by atoms with Crippen LogP contribution in [0.25, 0.3) is 10.9 Å². The molecule has 1 aliphatic heterocycles. The molecule has 0 fully saturated rings. The van der Waals surface area contributed by atoms with E-state index in [2.05, 4.69) is 22.0 Å². The van der Waals surface area contributed by atoms with Gasteiger partial charge in [0, 0.05) is 43.9 Å². The molecular weight excluding hydrogens is 449 g/mol. The first-order valence-electron chi connectivity index (χ1n) is 11.1. The normalized spacial score (nSPS) is 13.6. The lowest BCUT2D eigenvalue weighted by Gasteiger charge is -2.16. The zero-order valence-corrected chi connectivity index (χ0v) is 19.1. The monoisotopic (exact) mass is 476 g/mol. The third-order valence-corrected chi connectivity index (χ3v) is 6.10. The number of ether oxygens (including phenoxy) is 1. The number of H-pyrrole nitrogens is 1. The Balaban J connectivity index is 1.48. The summed E-state index contributed by atoms with van der Waals surface area (Å²) in [6, 6.07) is 8.47. The number of rotatable bonds is 8. The Kier molecular flexibility index (Phi) is 6.70. The molecule has 2 aromatic carbocycles. The first-order chi connectivity index (χ1) is 16.1. The van der Waals surface area contributed by atoms with Gasteiger partial charge in [0.15, 0.2) is 0 Å². The molecule has 182 valence electrons. The number of carbonyl (C=O) groups excluding carboxylic acids is 1. The number of aromatic amines is 1. The second-order valence-electron chi connectivity index (χ2n) is 8.54. The Labute approximate surface area is 195 Å². The Morgan fingerprint density at radius 1 is 1.24 bits per heavy atom. The van der Waals surface area contributed by atoms with Gasteiger partial charge in [-0.3, -0.25) is 9.89 Å². The van der Waals surface area contributed by atoms with E-state index in [4.69, 9.17) is 4.74 Å². The molecule has 4 rings (SSSR count). The summed E-state index contributed by atoms with van der Waals surface area (Å²) < 4.78 is 43.8. The van der Waals surface area contributed by atoms with Crippen LogP contribution in [0.3, 0.4) is 0 Å². The van der Waals surface area contributed by atoms with Gasteiger partial charge in [-0.25, -0.2) is 0 Å². The van der Waals surface area contributed by atoms with E-state index < -0.39 is 18.5 Å². The number of aromatic hydroxyl groups is 1. The molecule has 34 heavy (non-hydrogen) atoms. The summed E-state index contributed by atoms with van der Waals surface area (Å²) in [4.78, 5) is 17.0. The van der Waals surface area contributed by atoms with Gasteiger partial charge >= 0.3 is 6.18 Å². The van der Waals surface area contributed by atoms with Crippen molar-refractivity contribution in [1.29, 1.82) is 0 Å². The van der Waals surface area contributed by atoms with E-state index in [1.165, 1.54) is 12.1 Å². The number of hydrogen-bond donors (Lipinski definition) is 2. The van der Waals surface area contributed by atoms with E-state index in [9.17, 15) is 23.1 Å². The Hall–Kier alpha value is -3.27. The van der Waals surface area contributed by atoms with Gasteiger partial charge in [0.05, 0.1) is 16.8 Å². The molecule has 0 saturated carbocycles. The fourth-order valence-corrected chi connectivity index (χ4v) is 3.98. The number of carbonyl (C=O) groups is 1. The lowest BCUT2D eigenvalue weighted by Crippen LogP contribution is -2.25. The first kappa shape index (κ1) is 23.9. The number of nitrogens with one attached hydrogen (secondary N) is 1. The number of amides is 1. The van der Waals surface area contributed by atoms with Gasteiger partial charge in [-0.1, -0.05) is 13.0 Å². The van der Waals surface area contributed by atoms with Crippen molar-refractivity contribution in [3.05, 3.63) is 52.7 Å². The van der Waals surface area contributed by atoms with E-state index in [0.29, 0.717) is 30.6 Å². The maximum atomic E-state index is 13.2. The minimum atomic E-state index is -4.31. The zero-order valence-electron chi connectivity index (χ0n) is 19.1. The number of phenols is 1. The number of hydrogen-bond acceptors (Lipinski definition) is 5. The second kappa shape index (κ2) is 9.54. The topological polar surface area (TPSA) is 81.7 Å². The van der Waals surface area contributed by atoms with Crippen LogP contribution in [0.15, 0.2) is 30.3 Å². The molecule has 1 aromatic heterocycles. The van der Waals surface area contributed by atoms with Gasteiger partial charge in [-0.15, -0.1) is 0 Å². The number of likely N-dealkylation sites (N-methyl/N-ethyl adjacent to an activating group) is 1. The average Bonchev–Trinajstić information content (AvgIpc) is 3.39. The Morgan fingerprint density at radius 3 is 2.74 bits per heavy atom. The van der Waals surface area contributed by atoms with Crippen molar-refractivity contribution < 1.29 is 27.8 Å². The van der Waals surface area contributed by atoms with Crippen molar-refractivity contribution in [2.24, 2.45) is 0 Å². The van der Waals surface area contributed by atoms with Gasteiger partial charge in [-0.05, 0) is 42.9 Å². The standard InChI is InChI=1S/C24H27F3N4O3/c1-3-30(2)8-9-34-17-5-4-15-13-31(14-16(15)10-17)23(33)19-11-18-20(6-7-24(25,26)27)28-29-21(18)12-22(19)32/h4-5,10-12,32H,3,6-9,13-14H2,1-2H3,(H,28,29). The lowest BCUT2D eigenvalue weighted by atomic mass is 10.1. The van der Waals surface area contributed by atoms with Crippen LogP contribution in [-0.2, 0) is 19.5 Å². The van der Waals surface area contributed by atoms with Crippen molar-refractivity contribution in [3.63, 3.8) is 0 Å². The molecule has 1 aliphatic rings. The molecule has 2 heterocycles. The molecule has 0 radical (unpaired) electrons. The molecular formula is C24H27F3N4O3. The Bertz CT molecular complexity index is 1190. The van der Waals surface area contributed by atoms with Gasteiger partial charge < -0.3 is 19.6 Å². The quantitative estimate of drug-likeness (QED) is 0.508. The van der Waals surface area contributed by atoms with Crippen LogP contribution in [0.2, 0.25) is 0 Å². The molecule has 0 bridgehead atoms. The highest BCUT2D eigenvalue weighted by molar-refractivity contribution is 6.01. The van der Waals surface area contributed by atoms with Crippen LogP contribution in [0, 0.1) is 0 Å². The fraction of sp³-hybridized carbons (Fsp3) is 0.417. The number of fused-ring (bicyclic) bond motifs is 2. The number of aryl methyl sites for hydroxylation is 1. The van der Waals surface area contributed by atoms with Gasteiger partial charge in [-0.2, -0.15) is 18.3 Å². The number of halogens is 3. The molecule has 0 unspecified atom stereocenters. The second-order valence-corrected chi connectivity index (χ2v) is 8.54. The predicted octanol–water partition coefficient (Wildman–Crippen LogP) is 4.25. The van der Waals surface area contributed by atoms with E-state index in [0.717, 1.165) is 30.0 Å². The maximum absolute atomic E-state index is 13.2. The lowest BCUT2D eigenvalue weighted by molar-refractivity contribution is -0.134. The zero-order chi connectivity index (χ0) is 24.5. The molecule has 2 N–H and O–H groups in total. The number of nitrogens with zero attached hydrogens (tertiary/aromatic N) is 3. The van der Waals surface area contributed by atoms with Crippen LogP contribution >= 0.6 is 0 Å². The van der Waals surface area contributed by atoms with Crippen LogP contribution in [-0.4, -0.2) is 63.9 Å².